The van der Waals surface area contributed by atoms with E-state index in [0.29, 0.717) is 11.3 Å². The number of rotatable bonds is 1. The smallest absolute Gasteiger partial charge is 0.242 e. The van der Waals surface area contributed by atoms with E-state index in [2.05, 4.69) is 27.2 Å². The fraction of sp³-hybridized carbons (Fsp3) is 0.444. The third-order valence-corrected chi connectivity index (χ3v) is 10.3. The van der Waals surface area contributed by atoms with Crippen LogP contribution in [-0.4, -0.2) is 36.5 Å². The fourth-order valence-electron chi connectivity index (χ4n) is 5.21. The van der Waals surface area contributed by atoms with E-state index in [1.54, 1.807) is 0 Å². The summed E-state index contributed by atoms with van der Waals surface area (Å²) in [5.74, 6) is -0.197. The highest BCUT2D eigenvalue weighted by molar-refractivity contribution is 7.77. The number of carbonyl (C=O) groups is 2. The van der Waals surface area contributed by atoms with Crippen LogP contribution in [0.5, 0.6) is 0 Å². The van der Waals surface area contributed by atoms with E-state index < -0.39 is 7.26 Å². The Labute approximate surface area is 131 Å². The molecule has 1 aromatic rings. The van der Waals surface area contributed by atoms with Gasteiger partial charge < -0.3 is 0 Å². The first-order chi connectivity index (χ1) is 10.4. The van der Waals surface area contributed by atoms with Gasteiger partial charge in [0.25, 0.3) is 0 Å². The van der Waals surface area contributed by atoms with Gasteiger partial charge in [-0.3, -0.25) is 9.59 Å². The first-order valence-electron chi connectivity index (χ1n) is 7.81. The zero-order chi connectivity index (χ0) is 15.8. The molecule has 2 unspecified atom stereocenters. The van der Waals surface area contributed by atoms with Crippen molar-refractivity contribution in [1.29, 1.82) is 0 Å². The number of benzene rings is 1. The first kappa shape index (κ1) is 14.1. The number of hydrogen-bond donors (Lipinski definition) is 0. The number of imide groups is 1. The Morgan fingerprint density at radius 3 is 1.77 bits per heavy atom. The van der Waals surface area contributed by atoms with Crippen molar-refractivity contribution >= 4 is 24.8 Å². The SMILES string of the molecule is CC1=C(C)C2[C@@H]3C(=O)N(c4ccccc4)C(=O)[C@@H]3C1[P+]2(C)C. The fourth-order valence-corrected chi connectivity index (χ4v) is 10.2. The highest BCUT2D eigenvalue weighted by Crippen LogP contribution is 2.80. The van der Waals surface area contributed by atoms with E-state index >= 15 is 0 Å². The number of fused-ring (bicyclic) bond motifs is 5. The molecule has 3 heterocycles. The van der Waals surface area contributed by atoms with Crippen LogP contribution < -0.4 is 4.90 Å². The van der Waals surface area contributed by atoms with Gasteiger partial charge in [0.1, 0.15) is 11.3 Å². The lowest BCUT2D eigenvalue weighted by Crippen LogP contribution is -2.34. The van der Waals surface area contributed by atoms with Crippen LogP contribution in [0.15, 0.2) is 41.5 Å². The van der Waals surface area contributed by atoms with Gasteiger partial charge in [-0.15, -0.1) is 0 Å². The minimum Gasteiger partial charge on any atom is -0.273 e. The van der Waals surface area contributed by atoms with Gasteiger partial charge in [0.2, 0.25) is 11.8 Å². The Morgan fingerprint density at radius 2 is 1.32 bits per heavy atom. The maximum Gasteiger partial charge on any atom is 0.242 e. The van der Waals surface area contributed by atoms with Crippen molar-refractivity contribution in [3.05, 3.63) is 41.5 Å². The lowest BCUT2D eigenvalue weighted by atomic mass is 9.78. The Bertz CT molecular complexity index is 682. The van der Waals surface area contributed by atoms with Crippen molar-refractivity contribution < 1.29 is 9.59 Å². The van der Waals surface area contributed by atoms with Crippen molar-refractivity contribution in [2.24, 2.45) is 11.8 Å². The average molecular weight is 314 g/mol. The molecule has 0 aliphatic carbocycles. The van der Waals surface area contributed by atoms with Gasteiger partial charge in [-0.05, 0) is 37.1 Å². The van der Waals surface area contributed by atoms with E-state index in [1.165, 1.54) is 16.0 Å². The van der Waals surface area contributed by atoms with E-state index in [4.69, 9.17) is 0 Å². The molecule has 0 N–H and O–H groups in total. The summed E-state index contributed by atoms with van der Waals surface area (Å²) in [4.78, 5) is 27.5. The normalized spacial score (nSPS) is 35.5. The average Bonchev–Trinajstić information content (AvgIpc) is 2.93. The molecule has 114 valence electrons. The van der Waals surface area contributed by atoms with Crippen molar-refractivity contribution in [1.82, 2.24) is 0 Å². The summed E-state index contributed by atoms with van der Waals surface area (Å²) in [5, 5.41) is 0. The zero-order valence-corrected chi connectivity index (χ0v) is 14.3. The number of para-hydroxylation sites is 1. The highest BCUT2D eigenvalue weighted by Gasteiger charge is 2.74. The maximum atomic E-state index is 13.0. The Morgan fingerprint density at radius 1 is 0.864 bits per heavy atom. The quantitative estimate of drug-likeness (QED) is 0.453. The van der Waals surface area contributed by atoms with Crippen molar-refractivity contribution in [2.45, 2.75) is 25.2 Å². The van der Waals surface area contributed by atoms with Crippen molar-refractivity contribution in [3.8, 4) is 0 Å². The molecular weight excluding hydrogens is 293 g/mol. The molecule has 0 saturated carbocycles. The first-order valence-corrected chi connectivity index (χ1v) is 10.6. The van der Waals surface area contributed by atoms with Gasteiger partial charge in [-0.2, -0.15) is 0 Å². The van der Waals surface area contributed by atoms with Crippen LogP contribution in [0.2, 0.25) is 0 Å². The van der Waals surface area contributed by atoms with Crippen LogP contribution in [0.25, 0.3) is 0 Å². The van der Waals surface area contributed by atoms with E-state index in [1.807, 2.05) is 30.3 Å². The molecule has 0 aromatic heterocycles. The lowest BCUT2D eigenvalue weighted by molar-refractivity contribution is -0.122. The molecule has 0 radical (unpaired) electrons. The van der Waals surface area contributed by atoms with Gasteiger partial charge in [-0.1, -0.05) is 18.2 Å². The van der Waals surface area contributed by atoms with Crippen molar-refractivity contribution in [3.63, 3.8) is 0 Å². The van der Waals surface area contributed by atoms with E-state index in [-0.39, 0.29) is 23.7 Å². The second kappa shape index (κ2) is 4.29. The number of allylic oxidation sites excluding steroid dienone is 2. The molecule has 3 aliphatic heterocycles. The highest BCUT2D eigenvalue weighted by atomic mass is 31.2. The van der Waals surface area contributed by atoms with E-state index in [9.17, 15) is 9.59 Å². The molecule has 3 aliphatic rings. The molecular formula is C18H21NO2P+. The summed E-state index contributed by atoms with van der Waals surface area (Å²) in [7, 11) is -1.29. The molecule has 2 bridgehead atoms. The van der Waals surface area contributed by atoms with Gasteiger partial charge >= 0.3 is 0 Å². The summed E-state index contributed by atoms with van der Waals surface area (Å²) in [6, 6.07) is 9.37. The maximum absolute atomic E-state index is 13.0. The molecule has 1 aromatic carbocycles. The molecule has 4 heteroatoms. The summed E-state index contributed by atoms with van der Waals surface area (Å²) in [5.41, 5.74) is 4.10. The second-order valence-electron chi connectivity index (χ2n) is 7.28. The number of carbonyl (C=O) groups excluding carboxylic acids is 2. The molecule has 2 saturated heterocycles. The topological polar surface area (TPSA) is 37.4 Å². The van der Waals surface area contributed by atoms with Gasteiger partial charge in [0.15, 0.2) is 0 Å². The van der Waals surface area contributed by atoms with E-state index in [0.717, 1.165) is 5.69 Å². The molecule has 0 spiro atoms. The number of anilines is 1. The summed E-state index contributed by atoms with van der Waals surface area (Å²) in [6.45, 7) is 8.99. The summed E-state index contributed by atoms with van der Waals surface area (Å²) in [6.07, 6.45) is 0. The largest absolute Gasteiger partial charge is 0.273 e. The minimum absolute atomic E-state index is 0.0219. The third kappa shape index (κ3) is 1.46. The Balaban J connectivity index is 1.82. The van der Waals surface area contributed by atoms with Crippen LogP contribution in [0, 0.1) is 11.8 Å². The number of hydrogen-bond acceptors (Lipinski definition) is 2. The van der Waals surface area contributed by atoms with Gasteiger partial charge in [-0.25, -0.2) is 4.90 Å². The summed E-state index contributed by atoms with van der Waals surface area (Å²) >= 11 is 0. The molecule has 4 atom stereocenters. The van der Waals surface area contributed by atoms with Crippen LogP contribution in [0.4, 0.5) is 5.69 Å². The second-order valence-corrected chi connectivity index (χ2v) is 11.7. The Hall–Kier alpha value is -1.47. The van der Waals surface area contributed by atoms with Crippen molar-refractivity contribution in [2.75, 3.05) is 18.2 Å². The predicted octanol–water partition coefficient (Wildman–Crippen LogP) is 3.17. The molecule has 2 fully saturated rings. The molecule has 2 amide bonds. The van der Waals surface area contributed by atoms with Crippen LogP contribution in [-0.2, 0) is 9.59 Å². The molecule has 3 nitrogen and oxygen atoms in total. The van der Waals surface area contributed by atoms with Crippen LogP contribution in [0.1, 0.15) is 13.8 Å². The number of nitrogens with zero attached hydrogens (tertiary/aromatic N) is 1. The van der Waals surface area contributed by atoms with Gasteiger partial charge in [0, 0.05) is 20.6 Å². The van der Waals surface area contributed by atoms with Crippen LogP contribution in [0.3, 0.4) is 0 Å². The standard InChI is InChI=1S/C18H21NO2P/c1-10-11(2)16-14-13(15(10)22(16,3)4)17(20)19(18(14)21)12-8-6-5-7-9-12/h5-9,13-16H,1-4H3/q+1/t13-,14+,15?,16?. The molecule has 22 heavy (non-hydrogen) atoms. The minimum atomic E-state index is -1.29. The van der Waals surface area contributed by atoms with Crippen LogP contribution >= 0.6 is 7.26 Å². The lowest BCUT2D eigenvalue weighted by Gasteiger charge is -2.24. The van der Waals surface area contributed by atoms with Gasteiger partial charge in [0.05, 0.1) is 17.5 Å². The predicted molar refractivity (Wildman–Crippen MR) is 90.6 cm³/mol. The zero-order valence-electron chi connectivity index (χ0n) is 13.4. The number of amides is 2. The molecule has 4 rings (SSSR count). The monoisotopic (exact) mass is 314 g/mol. The Kier molecular flexibility index (Phi) is 2.76. The third-order valence-electron chi connectivity index (χ3n) is 6.04. The summed E-state index contributed by atoms with van der Waals surface area (Å²) < 4.78 is 0.